The highest BCUT2D eigenvalue weighted by atomic mass is 79.9. The van der Waals surface area contributed by atoms with Crippen LogP contribution in [0.15, 0.2) is 59.2 Å². The van der Waals surface area contributed by atoms with E-state index >= 15 is 0 Å². The van der Waals surface area contributed by atoms with Gasteiger partial charge in [0.1, 0.15) is 0 Å². The van der Waals surface area contributed by atoms with Gasteiger partial charge in [-0.3, -0.25) is 4.79 Å². The molecule has 0 unspecified atom stereocenters. The highest BCUT2D eigenvalue weighted by molar-refractivity contribution is 9.10. The average Bonchev–Trinajstić information content (AvgIpc) is 3.06. The number of pyridine rings is 1. The van der Waals surface area contributed by atoms with Gasteiger partial charge in [0.2, 0.25) is 0 Å². The van der Waals surface area contributed by atoms with Crippen molar-refractivity contribution in [3.8, 4) is 0 Å². The van der Waals surface area contributed by atoms with Crippen molar-refractivity contribution < 1.29 is 4.79 Å². The third kappa shape index (κ3) is 4.33. The molecule has 0 saturated heterocycles. The van der Waals surface area contributed by atoms with E-state index in [0.29, 0.717) is 12.1 Å². The molecule has 3 rings (SSSR count). The first-order valence-electron chi connectivity index (χ1n) is 9.33. The molecule has 1 N–H and O–H groups in total. The van der Waals surface area contributed by atoms with Crippen LogP contribution in [0.4, 0.5) is 0 Å². The standard InChI is InChI=1S/C23H25BrN2O/c1-4-16(3)22-9-7-6-8-17(22)10-11-25-23(27)18-12-20(5-2)26-15-19(24)14-21(26)13-18/h4,6-9,12-15H,5,10-11H2,1-3H3,(H,25,27)/b16-4-. The Morgan fingerprint density at radius 2 is 2.00 bits per heavy atom. The summed E-state index contributed by atoms with van der Waals surface area (Å²) in [5.74, 6) is -0.0234. The molecule has 0 radical (unpaired) electrons. The second-order valence-corrected chi connectivity index (χ2v) is 7.59. The molecule has 2 heterocycles. The van der Waals surface area contributed by atoms with Crippen LogP contribution in [-0.4, -0.2) is 16.9 Å². The predicted molar refractivity (Wildman–Crippen MR) is 116 cm³/mol. The maximum absolute atomic E-state index is 12.7. The number of halogens is 1. The van der Waals surface area contributed by atoms with Crippen molar-refractivity contribution in [2.45, 2.75) is 33.6 Å². The Morgan fingerprint density at radius 1 is 1.22 bits per heavy atom. The van der Waals surface area contributed by atoms with Gasteiger partial charge in [-0.2, -0.15) is 0 Å². The summed E-state index contributed by atoms with van der Waals surface area (Å²) in [5.41, 5.74) is 6.63. The highest BCUT2D eigenvalue weighted by Crippen LogP contribution is 2.21. The molecule has 0 fully saturated rings. The lowest BCUT2D eigenvalue weighted by atomic mass is 9.98. The van der Waals surface area contributed by atoms with Crippen LogP contribution in [-0.2, 0) is 12.8 Å². The van der Waals surface area contributed by atoms with Crippen molar-refractivity contribution in [2.24, 2.45) is 0 Å². The first-order chi connectivity index (χ1) is 13.0. The molecule has 0 aliphatic rings. The van der Waals surface area contributed by atoms with E-state index in [1.165, 1.54) is 16.7 Å². The van der Waals surface area contributed by atoms with Crippen LogP contribution in [0.3, 0.4) is 0 Å². The lowest BCUT2D eigenvalue weighted by Gasteiger charge is -2.12. The summed E-state index contributed by atoms with van der Waals surface area (Å²) >= 11 is 3.52. The molecule has 0 spiro atoms. The fraction of sp³-hybridized carbons (Fsp3) is 0.261. The van der Waals surface area contributed by atoms with Crippen LogP contribution < -0.4 is 5.32 Å². The normalized spacial score (nSPS) is 11.8. The second-order valence-electron chi connectivity index (χ2n) is 6.68. The third-order valence-electron chi connectivity index (χ3n) is 4.93. The maximum Gasteiger partial charge on any atom is 0.251 e. The zero-order valence-corrected chi connectivity index (χ0v) is 17.6. The van der Waals surface area contributed by atoms with Crippen LogP contribution in [0.1, 0.15) is 48.0 Å². The number of fused-ring (bicyclic) bond motifs is 1. The SMILES string of the molecule is C/C=C(/C)c1ccccc1CCNC(=O)c1cc(CC)n2cc(Br)cc2c1. The number of allylic oxidation sites excluding steroid dienone is 2. The van der Waals surface area contributed by atoms with Crippen LogP contribution in [0.25, 0.3) is 11.1 Å². The minimum Gasteiger partial charge on any atom is -0.352 e. The van der Waals surface area contributed by atoms with Gasteiger partial charge in [-0.25, -0.2) is 0 Å². The van der Waals surface area contributed by atoms with E-state index in [-0.39, 0.29) is 5.91 Å². The minimum atomic E-state index is -0.0234. The molecule has 0 atom stereocenters. The molecular formula is C23H25BrN2O. The molecule has 0 saturated carbocycles. The molecular weight excluding hydrogens is 400 g/mol. The Hall–Kier alpha value is -2.33. The van der Waals surface area contributed by atoms with Gasteiger partial charge < -0.3 is 9.72 Å². The fourth-order valence-electron chi connectivity index (χ4n) is 3.35. The molecule has 1 aromatic carbocycles. The summed E-state index contributed by atoms with van der Waals surface area (Å²) < 4.78 is 3.14. The summed E-state index contributed by atoms with van der Waals surface area (Å²) in [5, 5.41) is 3.08. The highest BCUT2D eigenvalue weighted by Gasteiger charge is 2.11. The van der Waals surface area contributed by atoms with Gasteiger partial charge in [0, 0.05) is 34.0 Å². The molecule has 140 valence electrons. The molecule has 0 aliphatic carbocycles. The third-order valence-corrected chi connectivity index (χ3v) is 5.36. The van der Waals surface area contributed by atoms with Crippen molar-refractivity contribution in [3.05, 3.63) is 81.6 Å². The molecule has 1 amide bonds. The Balaban J connectivity index is 1.73. The van der Waals surface area contributed by atoms with Gasteiger partial charge in [-0.1, -0.05) is 37.3 Å². The van der Waals surface area contributed by atoms with Crippen LogP contribution in [0.5, 0.6) is 0 Å². The molecule has 3 aromatic rings. The topological polar surface area (TPSA) is 33.5 Å². The average molecular weight is 425 g/mol. The molecule has 4 heteroatoms. The Bertz CT molecular complexity index is 1000. The Labute approximate surface area is 169 Å². The summed E-state index contributed by atoms with van der Waals surface area (Å²) in [4.78, 5) is 12.7. The summed E-state index contributed by atoms with van der Waals surface area (Å²) in [7, 11) is 0. The summed E-state index contributed by atoms with van der Waals surface area (Å²) in [6, 6.07) is 14.3. The van der Waals surface area contributed by atoms with Crippen LogP contribution in [0, 0.1) is 0 Å². The van der Waals surface area contributed by atoms with Crippen molar-refractivity contribution in [1.29, 1.82) is 0 Å². The van der Waals surface area contributed by atoms with Crippen molar-refractivity contribution in [2.75, 3.05) is 6.54 Å². The second kappa shape index (κ2) is 8.57. The number of hydrogen-bond acceptors (Lipinski definition) is 1. The van der Waals surface area contributed by atoms with Gasteiger partial charge in [0.25, 0.3) is 5.91 Å². The van der Waals surface area contributed by atoms with Gasteiger partial charge in [-0.15, -0.1) is 0 Å². The number of rotatable bonds is 6. The number of nitrogens with one attached hydrogen (secondary N) is 1. The monoisotopic (exact) mass is 424 g/mol. The summed E-state index contributed by atoms with van der Waals surface area (Å²) in [6.45, 7) is 6.89. The van der Waals surface area contributed by atoms with E-state index in [1.54, 1.807) is 0 Å². The molecule has 0 aliphatic heterocycles. The lowest BCUT2D eigenvalue weighted by molar-refractivity contribution is 0.0954. The largest absolute Gasteiger partial charge is 0.352 e. The number of aromatic nitrogens is 1. The van der Waals surface area contributed by atoms with Gasteiger partial charge in [-0.05, 0) is 77.5 Å². The first kappa shape index (κ1) is 19.4. The van der Waals surface area contributed by atoms with Crippen molar-refractivity contribution in [3.63, 3.8) is 0 Å². The van der Waals surface area contributed by atoms with E-state index in [4.69, 9.17) is 0 Å². The van der Waals surface area contributed by atoms with Gasteiger partial charge in [0.05, 0.1) is 0 Å². The number of amides is 1. The zero-order chi connectivity index (χ0) is 19.4. The summed E-state index contributed by atoms with van der Waals surface area (Å²) in [6.07, 6.45) is 5.84. The molecule has 0 bridgehead atoms. The number of carbonyl (C=O) groups is 1. The zero-order valence-electron chi connectivity index (χ0n) is 16.1. The smallest absolute Gasteiger partial charge is 0.251 e. The van der Waals surface area contributed by atoms with E-state index < -0.39 is 0 Å². The van der Waals surface area contributed by atoms with Gasteiger partial charge in [0.15, 0.2) is 0 Å². The van der Waals surface area contributed by atoms with Gasteiger partial charge >= 0.3 is 0 Å². The van der Waals surface area contributed by atoms with Crippen molar-refractivity contribution >= 4 is 32.9 Å². The molecule has 3 nitrogen and oxygen atoms in total. The van der Waals surface area contributed by atoms with E-state index in [1.807, 2.05) is 24.4 Å². The van der Waals surface area contributed by atoms with Crippen LogP contribution in [0.2, 0.25) is 0 Å². The van der Waals surface area contributed by atoms with Crippen molar-refractivity contribution in [1.82, 2.24) is 9.72 Å². The minimum absolute atomic E-state index is 0.0234. The lowest BCUT2D eigenvalue weighted by Crippen LogP contribution is -2.26. The maximum atomic E-state index is 12.7. The van der Waals surface area contributed by atoms with Crippen LogP contribution >= 0.6 is 15.9 Å². The number of benzene rings is 1. The Morgan fingerprint density at radius 3 is 2.74 bits per heavy atom. The number of carbonyl (C=O) groups excluding carboxylic acids is 1. The quantitative estimate of drug-likeness (QED) is 0.543. The molecule has 27 heavy (non-hydrogen) atoms. The number of nitrogens with zero attached hydrogens (tertiary/aromatic N) is 1. The Kier molecular flexibility index (Phi) is 6.17. The predicted octanol–water partition coefficient (Wildman–Crippen LogP) is 5.66. The number of aryl methyl sites for hydroxylation is 1. The van der Waals surface area contributed by atoms with E-state index in [0.717, 1.165) is 28.5 Å². The van der Waals surface area contributed by atoms with E-state index in [2.05, 4.69) is 76.8 Å². The number of hydrogen-bond donors (Lipinski definition) is 1. The fourth-order valence-corrected chi connectivity index (χ4v) is 3.79. The van der Waals surface area contributed by atoms with E-state index in [9.17, 15) is 4.79 Å². The molecule has 2 aromatic heterocycles. The first-order valence-corrected chi connectivity index (χ1v) is 10.1.